The van der Waals surface area contributed by atoms with Crippen molar-refractivity contribution in [1.82, 2.24) is 35.4 Å². The Kier molecular flexibility index (Phi) is 17.0. The second-order valence-electron chi connectivity index (χ2n) is 20.2. The van der Waals surface area contributed by atoms with E-state index in [2.05, 4.69) is 30.9 Å². The maximum absolute atomic E-state index is 14.1. The van der Waals surface area contributed by atoms with Gasteiger partial charge in [-0.15, -0.1) is 11.3 Å². The minimum Gasteiger partial charge on any atom is -0.496 e. The van der Waals surface area contributed by atoms with Gasteiger partial charge in [-0.2, -0.15) is 13.2 Å². The van der Waals surface area contributed by atoms with Crippen LogP contribution in [0, 0.1) is 19.3 Å². The Morgan fingerprint density at radius 3 is 2.30 bits per heavy atom. The Morgan fingerprint density at radius 2 is 1.66 bits per heavy atom. The van der Waals surface area contributed by atoms with Gasteiger partial charge < -0.3 is 46.1 Å². The number of rotatable bonds is 17. The standard InChI is InChI=1S/C53H66F3N9O7S/c1-29(33-11-13-35(14-12-33)47-31(3)58-28-73-47)60-50(69)43-23-39(66)26-65(43)51(70)48(52(5,6)7)63-45(67)27-72-19-9-10-46(68)64-17-15-34(16-18-64)40-24-41-42(25-44(40)71-8)61-32(4)62-49(41)59-30(2)36-20-37(53(54,55)56)22-38(57)21-36/h11-14,20-22,24-25,28-30,34,39,43,48,66H,9-10,15-19,23,26-27,57H2,1-8H3,(H,60,69)(H,63,67)(H,59,61,62)/t29-,30+,39+,43-,48+/m0/s1. The summed E-state index contributed by atoms with van der Waals surface area (Å²) in [6.45, 7) is 13.4. The summed E-state index contributed by atoms with van der Waals surface area (Å²) in [6.07, 6.45) is -3.55. The summed E-state index contributed by atoms with van der Waals surface area (Å²) >= 11 is 1.56. The highest BCUT2D eigenvalue weighted by molar-refractivity contribution is 7.13. The molecule has 2 aliphatic rings. The second-order valence-corrected chi connectivity index (χ2v) is 21.0. The Morgan fingerprint density at radius 1 is 0.945 bits per heavy atom. The van der Waals surface area contributed by atoms with E-state index in [9.17, 15) is 37.5 Å². The molecule has 0 unspecified atom stereocenters. The molecule has 73 heavy (non-hydrogen) atoms. The molecular weight excluding hydrogens is 964 g/mol. The molecule has 2 aliphatic heterocycles. The summed E-state index contributed by atoms with van der Waals surface area (Å²) in [5, 5.41) is 20.4. The van der Waals surface area contributed by atoms with Crippen molar-refractivity contribution in [2.45, 2.75) is 123 Å². The minimum absolute atomic E-state index is 0.000836. The number of hydrogen-bond donors (Lipinski definition) is 5. The molecule has 7 rings (SSSR count). The molecule has 0 aliphatic carbocycles. The Balaban J connectivity index is 0.883. The number of carbonyl (C=O) groups excluding carboxylic acids is 4. The number of nitrogens with two attached hydrogens (primary N) is 1. The maximum atomic E-state index is 14.1. The lowest BCUT2D eigenvalue weighted by Gasteiger charge is -2.35. The van der Waals surface area contributed by atoms with Crippen LogP contribution in [0.2, 0.25) is 0 Å². The Labute approximate surface area is 427 Å². The van der Waals surface area contributed by atoms with Crippen molar-refractivity contribution in [1.29, 1.82) is 0 Å². The number of aliphatic hydroxyl groups is 1. The van der Waals surface area contributed by atoms with Crippen LogP contribution in [0.3, 0.4) is 0 Å². The number of nitrogen functional groups attached to an aromatic ring is 1. The van der Waals surface area contributed by atoms with Crippen LogP contribution in [-0.2, 0) is 30.1 Å². The number of nitrogens with zero attached hydrogens (tertiary/aromatic N) is 5. The lowest BCUT2D eigenvalue weighted by molar-refractivity contribution is -0.144. The lowest BCUT2D eigenvalue weighted by atomic mass is 9.85. The number of aliphatic hydroxyl groups excluding tert-OH is 1. The highest BCUT2D eigenvalue weighted by Gasteiger charge is 2.45. The number of aryl methyl sites for hydroxylation is 2. The number of β-amino-alcohol motifs (C(OH)–C–C–N with tert-alkyl or cyclic N) is 1. The SMILES string of the molecule is COc1cc2nc(C)nc(N[C@H](C)c3cc(N)cc(C(F)(F)F)c3)c2cc1C1CCN(C(=O)CCCOCC(=O)N[C@H](C(=O)N2C[C@H](O)C[C@H]2C(=O)N[C@@H](C)c2ccc(-c3scnc3C)cc2)C(C)(C)C)CC1. The third-order valence-electron chi connectivity index (χ3n) is 13.6. The van der Waals surface area contributed by atoms with Gasteiger partial charge in [-0.05, 0) is 105 Å². The smallest absolute Gasteiger partial charge is 0.416 e. The largest absolute Gasteiger partial charge is 0.496 e. The summed E-state index contributed by atoms with van der Waals surface area (Å²) in [6, 6.07) is 12.2. The fraction of sp³-hybridized carbons (Fsp3) is 0.491. The van der Waals surface area contributed by atoms with Gasteiger partial charge >= 0.3 is 6.18 Å². The number of hydrogen-bond acceptors (Lipinski definition) is 13. The van der Waals surface area contributed by atoms with Gasteiger partial charge in [0.2, 0.25) is 23.6 Å². The highest BCUT2D eigenvalue weighted by atomic mass is 32.1. The molecule has 6 N–H and O–H groups in total. The quantitative estimate of drug-likeness (QED) is 0.0442. The van der Waals surface area contributed by atoms with E-state index in [1.54, 1.807) is 37.8 Å². The van der Waals surface area contributed by atoms with Crippen LogP contribution in [-0.4, -0.2) is 112 Å². The fourth-order valence-corrected chi connectivity index (χ4v) is 10.4. The van der Waals surface area contributed by atoms with Crippen molar-refractivity contribution >= 4 is 57.4 Å². The summed E-state index contributed by atoms with van der Waals surface area (Å²) in [5.41, 5.74) is 10.8. The van der Waals surface area contributed by atoms with Crippen LogP contribution in [0.1, 0.15) is 118 Å². The van der Waals surface area contributed by atoms with Crippen LogP contribution < -0.4 is 26.4 Å². The first-order chi connectivity index (χ1) is 34.5. The molecule has 392 valence electrons. The van der Waals surface area contributed by atoms with Crippen molar-refractivity contribution in [3.63, 3.8) is 0 Å². The number of piperidine rings is 1. The molecule has 0 bridgehead atoms. The van der Waals surface area contributed by atoms with Crippen LogP contribution in [0.4, 0.5) is 24.7 Å². The van der Waals surface area contributed by atoms with E-state index < -0.39 is 59.1 Å². The van der Waals surface area contributed by atoms with Crippen LogP contribution in [0.15, 0.2) is 60.1 Å². The zero-order valence-electron chi connectivity index (χ0n) is 42.6. The molecule has 4 heterocycles. The van der Waals surface area contributed by atoms with Crippen LogP contribution in [0.25, 0.3) is 21.3 Å². The van der Waals surface area contributed by atoms with Gasteiger partial charge in [0.05, 0.1) is 52.5 Å². The van der Waals surface area contributed by atoms with Gasteiger partial charge in [0.1, 0.15) is 36.1 Å². The minimum atomic E-state index is -4.56. The van der Waals surface area contributed by atoms with E-state index in [0.29, 0.717) is 66.2 Å². The number of amides is 4. The van der Waals surface area contributed by atoms with Crippen molar-refractivity contribution in [2.75, 3.05) is 51.0 Å². The summed E-state index contributed by atoms with van der Waals surface area (Å²) in [7, 11) is 1.58. The third-order valence-corrected chi connectivity index (χ3v) is 14.6. The number of halogens is 3. The van der Waals surface area contributed by atoms with Crippen molar-refractivity contribution in [3.05, 3.63) is 93.9 Å². The molecule has 2 fully saturated rings. The molecule has 2 aromatic heterocycles. The van der Waals surface area contributed by atoms with Crippen molar-refractivity contribution in [2.24, 2.45) is 5.41 Å². The van der Waals surface area contributed by atoms with Gasteiger partial charge in [-0.25, -0.2) is 15.0 Å². The molecule has 3 aromatic carbocycles. The molecule has 0 spiro atoms. The summed E-state index contributed by atoms with van der Waals surface area (Å²) < 4.78 is 52.4. The van der Waals surface area contributed by atoms with Crippen molar-refractivity contribution in [3.8, 4) is 16.2 Å². The first-order valence-electron chi connectivity index (χ1n) is 24.5. The number of likely N-dealkylation sites (tertiary alicyclic amines) is 2. The zero-order valence-corrected chi connectivity index (χ0v) is 43.4. The first kappa shape index (κ1) is 54.4. The zero-order chi connectivity index (χ0) is 52.9. The molecule has 0 saturated carbocycles. The second kappa shape index (κ2) is 22.8. The molecule has 4 amide bonds. The van der Waals surface area contributed by atoms with E-state index in [1.807, 2.05) is 75.9 Å². The van der Waals surface area contributed by atoms with E-state index in [1.165, 1.54) is 11.0 Å². The summed E-state index contributed by atoms with van der Waals surface area (Å²) in [4.78, 5) is 72.2. The van der Waals surface area contributed by atoms with Gasteiger partial charge in [0, 0.05) is 56.2 Å². The predicted molar refractivity (Wildman–Crippen MR) is 274 cm³/mol. The first-order valence-corrected chi connectivity index (χ1v) is 25.4. The average molecular weight is 1030 g/mol. The molecule has 5 atom stereocenters. The number of carbonyl (C=O) groups is 4. The Bertz CT molecular complexity index is 2790. The van der Waals surface area contributed by atoms with E-state index in [-0.39, 0.29) is 56.2 Å². The van der Waals surface area contributed by atoms with Gasteiger partial charge in [-0.1, -0.05) is 45.0 Å². The number of methoxy groups -OCH3 is 1. The topological polar surface area (TPSA) is 214 Å². The monoisotopic (exact) mass is 1030 g/mol. The van der Waals surface area contributed by atoms with E-state index in [0.717, 1.165) is 39.4 Å². The molecule has 20 heteroatoms. The maximum Gasteiger partial charge on any atom is 0.416 e. The van der Waals surface area contributed by atoms with E-state index in [4.69, 9.17) is 15.2 Å². The fourth-order valence-electron chi connectivity index (χ4n) is 9.58. The van der Waals surface area contributed by atoms with Gasteiger partial charge in [0.25, 0.3) is 0 Å². The number of ether oxygens (including phenoxy) is 2. The number of alkyl halides is 3. The number of benzene rings is 3. The number of anilines is 2. The molecule has 5 aromatic rings. The molecular formula is C53H66F3N9O7S. The normalized spacial score (nSPS) is 17.8. The Hall–Kier alpha value is -6.38. The van der Waals surface area contributed by atoms with Crippen LogP contribution in [0.5, 0.6) is 5.75 Å². The molecule has 0 radical (unpaired) electrons. The number of nitrogens with one attached hydrogen (secondary N) is 3. The van der Waals surface area contributed by atoms with Crippen molar-refractivity contribution < 1.29 is 46.9 Å². The third kappa shape index (κ3) is 13.2. The molecule has 16 nitrogen and oxygen atoms in total. The van der Waals surface area contributed by atoms with Gasteiger partial charge in [0.15, 0.2) is 0 Å². The predicted octanol–water partition coefficient (Wildman–Crippen LogP) is 8.03. The average Bonchev–Trinajstić information content (AvgIpc) is 3.96. The molecule has 2 saturated heterocycles. The van der Waals surface area contributed by atoms with Crippen LogP contribution >= 0.6 is 11.3 Å². The van der Waals surface area contributed by atoms with E-state index >= 15 is 0 Å². The number of thiazole rings is 1. The highest BCUT2D eigenvalue weighted by Crippen LogP contribution is 2.40. The lowest BCUT2D eigenvalue weighted by Crippen LogP contribution is -2.58. The number of fused-ring (bicyclic) bond motifs is 1. The van der Waals surface area contributed by atoms with Gasteiger partial charge in [-0.3, -0.25) is 19.2 Å². The number of aromatic nitrogens is 3. The summed E-state index contributed by atoms with van der Waals surface area (Å²) in [5.74, 6) is 0.114.